The van der Waals surface area contributed by atoms with Gasteiger partial charge in [0.05, 0.1) is 0 Å². The maximum Gasteiger partial charge on any atom is 0.241 e. The van der Waals surface area contributed by atoms with Crippen LogP contribution in [-0.4, -0.2) is 40.8 Å². The van der Waals surface area contributed by atoms with Gasteiger partial charge in [0, 0.05) is 43.1 Å². The average molecular weight is 408 g/mol. The number of benzene rings is 1. The predicted molar refractivity (Wildman–Crippen MR) is 115 cm³/mol. The normalized spacial score (nSPS) is 22.1. The number of likely N-dealkylation sites (tertiary alicyclic amines) is 1. The Morgan fingerprint density at radius 1 is 1.10 bits per heavy atom. The summed E-state index contributed by atoms with van der Waals surface area (Å²) in [6.45, 7) is 3.31. The summed E-state index contributed by atoms with van der Waals surface area (Å²) in [7, 11) is 0. The quantitative estimate of drug-likeness (QED) is 0.709. The zero-order valence-electron chi connectivity index (χ0n) is 17.3. The average Bonchev–Trinajstić information content (AvgIpc) is 3.30. The molecule has 3 N–H and O–H groups in total. The van der Waals surface area contributed by atoms with Gasteiger partial charge in [0.15, 0.2) is 0 Å². The van der Waals surface area contributed by atoms with Crippen LogP contribution >= 0.6 is 0 Å². The Balaban J connectivity index is 1.28. The summed E-state index contributed by atoms with van der Waals surface area (Å²) in [4.78, 5) is 31.6. The summed E-state index contributed by atoms with van der Waals surface area (Å²) >= 11 is 0. The highest BCUT2D eigenvalue weighted by atomic mass is 16.2. The number of amides is 2. The van der Waals surface area contributed by atoms with E-state index >= 15 is 0 Å². The first kappa shape index (κ1) is 20.5. The molecule has 0 bridgehead atoms. The Labute approximate surface area is 177 Å². The fraction of sp³-hybridized carbons (Fsp3) is 0.435. The molecule has 7 nitrogen and oxygen atoms in total. The SMILES string of the molecule is CCc1ccccc1NC(=O)C1CCN(C(=O)C2CC(c3ccncc3)NN2)CC1. The van der Waals surface area contributed by atoms with Gasteiger partial charge in [-0.2, -0.15) is 0 Å². The van der Waals surface area contributed by atoms with E-state index in [2.05, 4.69) is 28.1 Å². The van der Waals surface area contributed by atoms with Crippen molar-refractivity contribution in [1.82, 2.24) is 20.7 Å². The highest BCUT2D eigenvalue weighted by Gasteiger charge is 2.35. The van der Waals surface area contributed by atoms with Gasteiger partial charge in [-0.15, -0.1) is 0 Å². The minimum atomic E-state index is -0.245. The van der Waals surface area contributed by atoms with E-state index in [1.54, 1.807) is 12.4 Å². The minimum absolute atomic E-state index is 0.0569. The van der Waals surface area contributed by atoms with Crippen molar-refractivity contribution >= 4 is 17.5 Å². The first-order valence-corrected chi connectivity index (χ1v) is 10.7. The summed E-state index contributed by atoms with van der Waals surface area (Å²) in [6.07, 6.45) is 6.50. The van der Waals surface area contributed by atoms with Crippen molar-refractivity contribution in [3.8, 4) is 0 Å². The molecule has 2 aliphatic rings. The molecule has 2 aromatic rings. The van der Waals surface area contributed by atoms with E-state index in [0.717, 1.165) is 23.2 Å². The highest BCUT2D eigenvalue weighted by Crippen LogP contribution is 2.25. The molecule has 7 heteroatoms. The maximum atomic E-state index is 12.9. The van der Waals surface area contributed by atoms with Gasteiger partial charge < -0.3 is 10.2 Å². The van der Waals surface area contributed by atoms with Gasteiger partial charge in [0.1, 0.15) is 6.04 Å². The zero-order chi connectivity index (χ0) is 20.9. The third-order valence-corrected chi connectivity index (χ3v) is 6.14. The number of carbonyl (C=O) groups excluding carboxylic acids is 2. The number of hydrogen-bond acceptors (Lipinski definition) is 5. The number of pyridine rings is 1. The molecule has 1 aromatic heterocycles. The van der Waals surface area contributed by atoms with E-state index in [0.29, 0.717) is 32.4 Å². The predicted octanol–water partition coefficient (Wildman–Crippen LogP) is 2.43. The molecule has 30 heavy (non-hydrogen) atoms. The lowest BCUT2D eigenvalue weighted by Crippen LogP contribution is -2.49. The Morgan fingerprint density at radius 2 is 1.83 bits per heavy atom. The molecule has 0 saturated carbocycles. The standard InChI is InChI=1S/C23H29N5O2/c1-2-16-5-3-4-6-19(16)25-22(29)18-9-13-28(14-10-18)23(30)21-15-20(26-27-21)17-7-11-24-12-8-17/h3-8,11-12,18,20-21,26-27H,2,9-10,13-15H2,1H3,(H,25,29). The maximum absolute atomic E-state index is 12.9. The highest BCUT2D eigenvalue weighted by molar-refractivity contribution is 5.93. The van der Waals surface area contributed by atoms with E-state index in [1.807, 2.05) is 41.3 Å². The summed E-state index contributed by atoms with van der Waals surface area (Å²) in [5.74, 6) is 0.105. The summed E-state index contributed by atoms with van der Waals surface area (Å²) in [6, 6.07) is 11.7. The van der Waals surface area contributed by atoms with E-state index < -0.39 is 0 Å². The lowest BCUT2D eigenvalue weighted by molar-refractivity contribution is -0.136. The van der Waals surface area contributed by atoms with Gasteiger partial charge in [-0.25, -0.2) is 10.9 Å². The van der Waals surface area contributed by atoms with Crippen molar-refractivity contribution < 1.29 is 9.59 Å². The molecule has 2 atom stereocenters. The summed E-state index contributed by atoms with van der Waals surface area (Å²) in [5, 5.41) is 3.08. The second-order valence-electron chi connectivity index (χ2n) is 8.01. The largest absolute Gasteiger partial charge is 0.341 e. The Kier molecular flexibility index (Phi) is 6.40. The molecule has 0 radical (unpaired) electrons. The van der Waals surface area contributed by atoms with Crippen molar-refractivity contribution in [1.29, 1.82) is 0 Å². The molecule has 0 aliphatic carbocycles. The van der Waals surface area contributed by atoms with Crippen molar-refractivity contribution in [2.75, 3.05) is 18.4 Å². The molecule has 2 saturated heterocycles. The second-order valence-corrected chi connectivity index (χ2v) is 8.01. The number of rotatable bonds is 5. The lowest BCUT2D eigenvalue weighted by atomic mass is 9.94. The number of hydrazine groups is 1. The van der Waals surface area contributed by atoms with Crippen molar-refractivity contribution in [3.63, 3.8) is 0 Å². The Hall–Kier alpha value is -2.77. The number of carbonyl (C=O) groups is 2. The van der Waals surface area contributed by atoms with E-state index in [9.17, 15) is 9.59 Å². The Bertz CT molecular complexity index is 880. The number of para-hydroxylation sites is 1. The first-order valence-electron chi connectivity index (χ1n) is 10.7. The van der Waals surface area contributed by atoms with Crippen LogP contribution in [0.4, 0.5) is 5.69 Å². The van der Waals surface area contributed by atoms with Gasteiger partial charge in [-0.1, -0.05) is 25.1 Å². The van der Waals surface area contributed by atoms with Crippen LogP contribution in [-0.2, 0) is 16.0 Å². The number of piperidine rings is 1. The van der Waals surface area contributed by atoms with E-state index in [4.69, 9.17) is 0 Å². The van der Waals surface area contributed by atoms with Gasteiger partial charge in [0.25, 0.3) is 0 Å². The number of nitrogens with one attached hydrogen (secondary N) is 3. The van der Waals surface area contributed by atoms with Crippen LogP contribution in [0.25, 0.3) is 0 Å². The molecular formula is C23H29N5O2. The third kappa shape index (κ3) is 4.52. The van der Waals surface area contributed by atoms with Crippen LogP contribution in [0, 0.1) is 5.92 Å². The molecule has 0 spiro atoms. The van der Waals surface area contributed by atoms with Crippen molar-refractivity contribution in [2.24, 2.45) is 5.92 Å². The van der Waals surface area contributed by atoms with E-state index in [-0.39, 0.29) is 29.8 Å². The fourth-order valence-electron chi connectivity index (χ4n) is 4.30. The molecule has 2 unspecified atom stereocenters. The fourth-order valence-corrected chi connectivity index (χ4v) is 4.30. The number of nitrogens with zero attached hydrogens (tertiary/aromatic N) is 2. The van der Waals surface area contributed by atoms with Crippen molar-refractivity contribution in [3.05, 3.63) is 59.9 Å². The second kappa shape index (κ2) is 9.36. The van der Waals surface area contributed by atoms with Crippen molar-refractivity contribution in [2.45, 2.75) is 44.7 Å². The zero-order valence-corrected chi connectivity index (χ0v) is 17.3. The van der Waals surface area contributed by atoms with Gasteiger partial charge in [-0.3, -0.25) is 14.6 Å². The number of anilines is 1. The molecule has 4 rings (SSSR count). The summed E-state index contributed by atoms with van der Waals surface area (Å²) in [5.41, 5.74) is 9.52. The third-order valence-electron chi connectivity index (χ3n) is 6.14. The monoisotopic (exact) mass is 407 g/mol. The molecule has 2 fully saturated rings. The number of aryl methyl sites for hydroxylation is 1. The van der Waals surface area contributed by atoms with E-state index in [1.165, 1.54) is 0 Å². The van der Waals surface area contributed by atoms with Crippen LogP contribution in [0.1, 0.15) is 43.4 Å². The van der Waals surface area contributed by atoms with Crippen LogP contribution in [0.5, 0.6) is 0 Å². The van der Waals surface area contributed by atoms with Gasteiger partial charge in [0.2, 0.25) is 11.8 Å². The van der Waals surface area contributed by atoms with Gasteiger partial charge >= 0.3 is 0 Å². The first-order chi connectivity index (χ1) is 14.7. The topological polar surface area (TPSA) is 86.4 Å². The number of hydrogen-bond donors (Lipinski definition) is 3. The minimum Gasteiger partial charge on any atom is -0.341 e. The van der Waals surface area contributed by atoms with Gasteiger partial charge in [-0.05, 0) is 55.0 Å². The smallest absolute Gasteiger partial charge is 0.241 e. The molecule has 2 amide bonds. The molecule has 158 valence electrons. The lowest BCUT2D eigenvalue weighted by Gasteiger charge is -2.33. The van der Waals surface area contributed by atoms with Crippen LogP contribution in [0.2, 0.25) is 0 Å². The molecule has 1 aromatic carbocycles. The number of aromatic nitrogens is 1. The summed E-state index contributed by atoms with van der Waals surface area (Å²) < 4.78 is 0. The van der Waals surface area contributed by atoms with Crippen LogP contribution in [0.15, 0.2) is 48.8 Å². The molecule has 2 aliphatic heterocycles. The molecular weight excluding hydrogens is 378 g/mol. The Morgan fingerprint density at radius 3 is 2.57 bits per heavy atom. The van der Waals surface area contributed by atoms with Crippen LogP contribution < -0.4 is 16.2 Å². The molecule has 3 heterocycles. The van der Waals surface area contributed by atoms with Crippen LogP contribution in [0.3, 0.4) is 0 Å².